The van der Waals surface area contributed by atoms with E-state index in [1.54, 1.807) is 14.0 Å². The monoisotopic (exact) mass is 285 g/mol. The summed E-state index contributed by atoms with van der Waals surface area (Å²) in [6.07, 6.45) is 0. The molecule has 0 aromatic heterocycles. The van der Waals surface area contributed by atoms with Gasteiger partial charge in [0.15, 0.2) is 21.3 Å². The van der Waals surface area contributed by atoms with E-state index in [1.807, 2.05) is 18.2 Å². The number of benzene rings is 1. The van der Waals surface area contributed by atoms with E-state index < -0.39 is 9.84 Å². The Balaban J connectivity index is 2.23. The van der Waals surface area contributed by atoms with Crippen LogP contribution in [-0.2, 0) is 9.84 Å². The number of hydrogen-bond acceptors (Lipinski definition) is 5. The average molecular weight is 285 g/mol. The van der Waals surface area contributed by atoms with E-state index in [0.717, 1.165) is 5.56 Å². The van der Waals surface area contributed by atoms with E-state index in [2.05, 4.69) is 5.32 Å². The van der Waals surface area contributed by atoms with Crippen LogP contribution in [0.1, 0.15) is 18.5 Å². The van der Waals surface area contributed by atoms with Crippen molar-refractivity contribution in [2.45, 2.75) is 13.0 Å². The summed E-state index contributed by atoms with van der Waals surface area (Å²) in [5.41, 5.74) is 0.892. The lowest BCUT2D eigenvalue weighted by atomic mass is 10.1. The highest BCUT2D eigenvalue weighted by Gasteiger charge is 2.20. The van der Waals surface area contributed by atoms with Crippen LogP contribution in [0.2, 0.25) is 0 Å². The van der Waals surface area contributed by atoms with E-state index in [9.17, 15) is 8.42 Å². The number of rotatable bonds is 5. The molecule has 6 heteroatoms. The Hall–Kier alpha value is -1.27. The van der Waals surface area contributed by atoms with Crippen LogP contribution in [0.25, 0.3) is 0 Å². The van der Waals surface area contributed by atoms with Gasteiger partial charge in [-0.1, -0.05) is 13.0 Å². The summed E-state index contributed by atoms with van der Waals surface area (Å²) in [5.74, 6) is 1.62. The maximum absolute atomic E-state index is 11.7. The molecule has 1 aromatic carbocycles. The fourth-order valence-electron chi connectivity index (χ4n) is 1.99. The average Bonchev–Trinajstić information content (AvgIpc) is 2.44. The van der Waals surface area contributed by atoms with Crippen molar-refractivity contribution in [3.63, 3.8) is 0 Å². The number of ether oxygens (including phenoxy) is 2. The highest BCUT2D eigenvalue weighted by Crippen LogP contribution is 2.32. The second kappa shape index (κ2) is 5.79. The van der Waals surface area contributed by atoms with Gasteiger partial charge in [-0.2, -0.15) is 0 Å². The van der Waals surface area contributed by atoms with Crippen LogP contribution >= 0.6 is 0 Å². The topological polar surface area (TPSA) is 64.6 Å². The zero-order chi connectivity index (χ0) is 13.9. The summed E-state index contributed by atoms with van der Waals surface area (Å²) in [6, 6.07) is 5.31. The van der Waals surface area contributed by atoms with Gasteiger partial charge in [-0.25, -0.2) is 8.42 Å². The molecule has 0 fully saturated rings. The second-order valence-electron chi connectivity index (χ2n) is 4.44. The Labute approximate surface area is 113 Å². The molecule has 19 heavy (non-hydrogen) atoms. The van der Waals surface area contributed by atoms with Gasteiger partial charge in [0.25, 0.3) is 0 Å². The molecule has 0 spiro atoms. The first kappa shape index (κ1) is 14.1. The molecular weight excluding hydrogens is 266 g/mol. The second-order valence-corrected chi connectivity index (χ2v) is 6.84. The quantitative estimate of drug-likeness (QED) is 0.879. The van der Waals surface area contributed by atoms with E-state index >= 15 is 0 Å². The third kappa shape index (κ3) is 3.39. The van der Waals surface area contributed by atoms with Gasteiger partial charge in [0, 0.05) is 11.8 Å². The lowest BCUT2D eigenvalue weighted by Crippen LogP contribution is -2.26. The molecule has 1 unspecified atom stereocenters. The Morgan fingerprint density at radius 1 is 1.26 bits per heavy atom. The predicted octanol–water partition coefficient (Wildman–Crippen LogP) is 1.15. The van der Waals surface area contributed by atoms with Crippen LogP contribution in [0, 0.1) is 0 Å². The maximum Gasteiger partial charge on any atom is 0.161 e. The minimum atomic E-state index is -3.03. The minimum absolute atomic E-state index is 0.0830. The molecule has 1 atom stereocenters. The van der Waals surface area contributed by atoms with Gasteiger partial charge in [-0.3, -0.25) is 0 Å². The molecule has 0 radical (unpaired) electrons. The maximum atomic E-state index is 11.7. The predicted molar refractivity (Wildman–Crippen MR) is 73.6 cm³/mol. The van der Waals surface area contributed by atoms with Crippen molar-refractivity contribution in [3.8, 4) is 11.5 Å². The van der Waals surface area contributed by atoms with Crippen LogP contribution in [0.4, 0.5) is 0 Å². The van der Waals surface area contributed by atoms with Crippen LogP contribution in [0.15, 0.2) is 18.2 Å². The first-order chi connectivity index (χ1) is 9.05. The molecule has 0 aliphatic carbocycles. The van der Waals surface area contributed by atoms with Crippen molar-refractivity contribution in [1.29, 1.82) is 0 Å². The normalized spacial score (nSPS) is 16.1. The molecule has 0 saturated heterocycles. The number of nitrogens with one attached hydrogen (secondary N) is 1. The van der Waals surface area contributed by atoms with Crippen molar-refractivity contribution in [1.82, 2.24) is 5.32 Å². The largest absolute Gasteiger partial charge is 0.486 e. The minimum Gasteiger partial charge on any atom is -0.486 e. The first-order valence-electron chi connectivity index (χ1n) is 6.33. The summed E-state index contributed by atoms with van der Waals surface area (Å²) in [5, 5.41) is 3.04. The van der Waals surface area contributed by atoms with Crippen LogP contribution in [-0.4, -0.2) is 40.2 Å². The van der Waals surface area contributed by atoms with Crippen molar-refractivity contribution in [2.24, 2.45) is 0 Å². The molecule has 2 rings (SSSR count). The van der Waals surface area contributed by atoms with Crippen molar-refractivity contribution < 1.29 is 17.9 Å². The SMILES string of the molecule is CCS(=O)(=O)CC(NC)c1ccc2c(c1)OCCO2. The molecule has 0 saturated carbocycles. The Kier molecular flexibility index (Phi) is 4.31. The summed E-state index contributed by atoms with van der Waals surface area (Å²) in [7, 11) is -1.28. The zero-order valence-electron chi connectivity index (χ0n) is 11.2. The molecule has 0 bridgehead atoms. The third-order valence-corrected chi connectivity index (χ3v) is 4.90. The third-order valence-electron chi connectivity index (χ3n) is 3.18. The number of fused-ring (bicyclic) bond motifs is 1. The summed E-state index contributed by atoms with van der Waals surface area (Å²) in [6.45, 7) is 2.73. The molecule has 1 aromatic rings. The summed E-state index contributed by atoms with van der Waals surface area (Å²) >= 11 is 0. The van der Waals surface area contributed by atoms with Crippen LogP contribution in [0.3, 0.4) is 0 Å². The molecule has 0 amide bonds. The fourth-order valence-corrected chi connectivity index (χ4v) is 3.10. The van der Waals surface area contributed by atoms with Gasteiger partial charge in [0.05, 0.1) is 5.75 Å². The van der Waals surface area contributed by atoms with E-state index in [4.69, 9.17) is 9.47 Å². The molecule has 1 N–H and O–H groups in total. The van der Waals surface area contributed by atoms with Gasteiger partial charge in [-0.05, 0) is 24.7 Å². The summed E-state index contributed by atoms with van der Waals surface area (Å²) in [4.78, 5) is 0. The van der Waals surface area contributed by atoms with Crippen LogP contribution in [0.5, 0.6) is 11.5 Å². The number of sulfone groups is 1. The van der Waals surface area contributed by atoms with E-state index in [1.165, 1.54) is 0 Å². The van der Waals surface area contributed by atoms with Gasteiger partial charge >= 0.3 is 0 Å². The molecular formula is C13H19NO4S. The first-order valence-corrected chi connectivity index (χ1v) is 8.15. The van der Waals surface area contributed by atoms with Gasteiger partial charge in [-0.15, -0.1) is 0 Å². The fraction of sp³-hybridized carbons (Fsp3) is 0.538. The molecule has 106 valence electrons. The number of hydrogen-bond donors (Lipinski definition) is 1. The van der Waals surface area contributed by atoms with Crippen LogP contribution < -0.4 is 14.8 Å². The van der Waals surface area contributed by atoms with Gasteiger partial charge < -0.3 is 14.8 Å². The highest BCUT2D eigenvalue weighted by molar-refractivity contribution is 7.91. The van der Waals surface area contributed by atoms with Gasteiger partial charge in [0.2, 0.25) is 0 Å². The molecule has 1 heterocycles. The molecule has 1 aliphatic rings. The van der Waals surface area contributed by atoms with Crippen molar-refractivity contribution >= 4 is 9.84 Å². The van der Waals surface area contributed by atoms with Crippen molar-refractivity contribution in [2.75, 3.05) is 31.8 Å². The summed E-state index contributed by atoms with van der Waals surface area (Å²) < 4.78 is 34.4. The molecule has 1 aliphatic heterocycles. The van der Waals surface area contributed by atoms with E-state index in [0.29, 0.717) is 24.7 Å². The van der Waals surface area contributed by atoms with Crippen molar-refractivity contribution in [3.05, 3.63) is 23.8 Å². The Morgan fingerprint density at radius 3 is 2.58 bits per heavy atom. The smallest absolute Gasteiger partial charge is 0.161 e. The zero-order valence-corrected chi connectivity index (χ0v) is 12.0. The molecule has 5 nitrogen and oxygen atoms in total. The standard InChI is InChI=1S/C13H19NO4S/c1-3-19(15,16)9-11(14-2)10-4-5-12-13(8-10)18-7-6-17-12/h4-5,8,11,14H,3,6-7,9H2,1-2H3. The lowest BCUT2D eigenvalue weighted by Gasteiger charge is -2.22. The van der Waals surface area contributed by atoms with E-state index in [-0.39, 0.29) is 17.5 Å². The highest BCUT2D eigenvalue weighted by atomic mass is 32.2. The van der Waals surface area contributed by atoms with Gasteiger partial charge in [0.1, 0.15) is 13.2 Å². The lowest BCUT2D eigenvalue weighted by molar-refractivity contribution is 0.171. The Morgan fingerprint density at radius 2 is 1.95 bits per heavy atom. The Bertz CT molecular complexity index is 542.